The molecule has 0 fully saturated rings. The number of aromatic nitrogens is 2. The highest BCUT2D eigenvalue weighted by atomic mass is 16.5. The van der Waals surface area contributed by atoms with Crippen LogP contribution < -0.4 is 10.2 Å². The van der Waals surface area contributed by atoms with Gasteiger partial charge in [-0.15, -0.1) is 0 Å². The molecular weight excluding hydrogens is 356 g/mol. The van der Waals surface area contributed by atoms with Crippen LogP contribution in [-0.2, 0) is 0 Å². The number of rotatable bonds is 2. The molecular formula is C22H16N2O4. The molecule has 28 heavy (non-hydrogen) atoms. The maximum atomic E-state index is 12.7. The molecule has 138 valence electrons. The fraction of sp³-hybridized carbons (Fsp3) is 0.136. The van der Waals surface area contributed by atoms with Crippen LogP contribution in [0.3, 0.4) is 0 Å². The van der Waals surface area contributed by atoms with E-state index in [2.05, 4.69) is 4.98 Å². The summed E-state index contributed by atoms with van der Waals surface area (Å²) in [4.78, 5) is 28.5. The molecule has 0 bridgehead atoms. The molecule has 0 aliphatic carbocycles. The molecule has 6 nitrogen and oxygen atoms in total. The van der Waals surface area contributed by atoms with Crippen molar-refractivity contribution in [3.63, 3.8) is 0 Å². The maximum Gasteiger partial charge on any atom is 0.341 e. The van der Waals surface area contributed by atoms with Crippen molar-refractivity contribution in [1.82, 2.24) is 9.55 Å². The number of carbonyl (C=O) groups is 1. The Hall–Kier alpha value is -3.67. The standard InChI is InChI=1S/C22H16N2O4/c1-12-11-28-21-15(13-4-7-18-14(9-13)3-2-8-23-18)5-6-16-19(21)24(12)10-17(20(16)25)22(26)27/h2-10,12H,11H2,1H3,(H,26,27). The molecule has 4 aromatic rings. The Morgan fingerprint density at radius 3 is 2.93 bits per heavy atom. The molecule has 6 heteroatoms. The molecule has 2 aromatic carbocycles. The SMILES string of the molecule is CC1COc2c(-c3ccc4ncccc4c3)ccc3c(=O)c(C(=O)O)cn1c23. The van der Waals surface area contributed by atoms with E-state index in [9.17, 15) is 14.7 Å². The number of carboxylic acid groups (broad SMARTS) is 1. The van der Waals surface area contributed by atoms with Crippen LogP contribution in [0.1, 0.15) is 23.3 Å². The number of hydrogen-bond acceptors (Lipinski definition) is 4. The van der Waals surface area contributed by atoms with E-state index in [4.69, 9.17) is 4.74 Å². The molecule has 2 aromatic heterocycles. The van der Waals surface area contributed by atoms with E-state index in [-0.39, 0.29) is 11.6 Å². The van der Waals surface area contributed by atoms with Crippen molar-refractivity contribution in [3.05, 3.63) is 70.6 Å². The number of aromatic carboxylic acids is 1. The lowest BCUT2D eigenvalue weighted by Crippen LogP contribution is -2.26. The quantitative estimate of drug-likeness (QED) is 0.578. The van der Waals surface area contributed by atoms with Crippen LogP contribution in [0.25, 0.3) is 32.9 Å². The number of carboxylic acids is 1. The Bertz CT molecular complexity index is 1340. The summed E-state index contributed by atoms with van der Waals surface area (Å²) in [5.41, 5.74) is 2.63. The number of nitrogens with zero attached hydrogens (tertiary/aromatic N) is 2. The minimum Gasteiger partial charge on any atom is -0.489 e. The summed E-state index contributed by atoms with van der Waals surface area (Å²) < 4.78 is 7.88. The first-order valence-corrected chi connectivity index (χ1v) is 8.97. The number of benzene rings is 2. The Balaban J connectivity index is 1.84. The molecule has 1 N–H and O–H groups in total. The van der Waals surface area contributed by atoms with Crippen LogP contribution in [-0.4, -0.2) is 27.2 Å². The van der Waals surface area contributed by atoms with Gasteiger partial charge in [0.05, 0.1) is 22.5 Å². The van der Waals surface area contributed by atoms with Gasteiger partial charge in [-0.2, -0.15) is 0 Å². The fourth-order valence-electron chi connectivity index (χ4n) is 3.82. The molecule has 1 aliphatic rings. The zero-order valence-electron chi connectivity index (χ0n) is 15.0. The van der Waals surface area contributed by atoms with Gasteiger partial charge in [0, 0.05) is 23.3 Å². The second-order valence-corrected chi connectivity index (χ2v) is 6.99. The summed E-state index contributed by atoms with van der Waals surface area (Å²) in [6.45, 7) is 2.34. The smallest absolute Gasteiger partial charge is 0.341 e. The van der Waals surface area contributed by atoms with Crippen LogP contribution in [0, 0.1) is 0 Å². The topological polar surface area (TPSA) is 81.4 Å². The van der Waals surface area contributed by atoms with Gasteiger partial charge in [0.15, 0.2) is 5.75 Å². The van der Waals surface area contributed by atoms with Gasteiger partial charge >= 0.3 is 5.97 Å². The van der Waals surface area contributed by atoms with Gasteiger partial charge < -0.3 is 14.4 Å². The second kappa shape index (κ2) is 5.92. The predicted octanol–water partition coefficient (Wildman–Crippen LogP) is 3.87. The van der Waals surface area contributed by atoms with E-state index in [1.54, 1.807) is 12.3 Å². The van der Waals surface area contributed by atoms with E-state index in [1.807, 2.05) is 47.9 Å². The number of ether oxygens (including phenoxy) is 1. The lowest BCUT2D eigenvalue weighted by molar-refractivity contribution is 0.0694. The molecule has 0 radical (unpaired) electrons. The lowest BCUT2D eigenvalue weighted by Gasteiger charge is -2.28. The predicted molar refractivity (Wildman–Crippen MR) is 106 cm³/mol. The van der Waals surface area contributed by atoms with Gasteiger partial charge in [0.2, 0.25) is 5.43 Å². The van der Waals surface area contributed by atoms with E-state index < -0.39 is 11.4 Å². The molecule has 1 aliphatic heterocycles. The van der Waals surface area contributed by atoms with Gasteiger partial charge in [0.1, 0.15) is 12.2 Å². The third-order valence-electron chi connectivity index (χ3n) is 5.24. The highest BCUT2D eigenvalue weighted by Crippen LogP contribution is 2.40. The highest BCUT2D eigenvalue weighted by molar-refractivity contribution is 5.98. The van der Waals surface area contributed by atoms with Crippen LogP contribution in [0.4, 0.5) is 0 Å². The molecule has 0 amide bonds. The zero-order chi connectivity index (χ0) is 19.4. The van der Waals surface area contributed by atoms with Crippen LogP contribution in [0.5, 0.6) is 5.75 Å². The van der Waals surface area contributed by atoms with Crippen LogP contribution in [0.2, 0.25) is 0 Å². The summed E-state index contributed by atoms with van der Waals surface area (Å²) in [5.74, 6) is -0.616. The van der Waals surface area contributed by atoms with Gasteiger partial charge in [-0.05, 0) is 42.8 Å². The van der Waals surface area contributed by atoms with E-state index >= 15 is 0 Å². The van der Waals surface area contributed by atoms with Crippen molar-refractivity contribution in [2.75, 3.05) is 6.61 Å². The average Bonchev–Trinajstić information content (AvgIpc) is 2.71. The van der Waals surface area contributed by atoms with Crippen molar-refractivity contribution in [1.29, 1.82) is 0 Å². The number of hydrogen-bond donors (Lipinski definition) is 1. The molecule has 5 rings (SSSR count). The summed E-state index contributed by atoms with van der Waals surface area (Å²) in [6, 6.07) is 13.3. The highest BCUT2D eigenvalue weighted by Gasteiger charge is 2.26. The lowest BCUT2D eigenvalue weighted by atomic mass is 9.98. The van der Waals surface area contributed by atoms with Crippen molar-refractivity contribution in [2.45, 2.75) is 13.0 Å². The number of pyridine rings is 2. The van der Waals surface area contributed by atoms with Crippen molar-refractivity contribution < 1.29 is 14.6 Å². The van der Waals surface area contributed by atoms with Crippen molar-refractivity contribution >= 4 is 27.8 Å². The minimum atomic E-state index is -1.22. The first-order chi connectivity index (χ1) is 13.5. The zero-order valence-corrected chi connectivity index (χ0v) is 15.0. The Labute approximate surface area is 159 Å². The van der Waals surface area contributed by atoms with Crippen molar-refractivity contribution in [2.24, 2.45) is 0 Å². The van der Waals surface area contributed by atoms with Crippen LogP contribution >= 0.6 is 0 Å². The van der Waals surface area contributed by atoms with Crippen molar-refractivity contribution in [3.8, 4) is 16.9 Å². The monoisotopic (exact) mass is 372 g/mol. The number of fused-ring (bicyclic) bond motifs is 1. The molecule has 0 saturated carbocycles. The summed E-state index contributed by atoms with van der Waals surface area (Å²) in [6.07, 6.45) is 3.18. The summed E-state index contributed by atoms with van der Waals surface area (Å²) >= 11 is 0. The maximum absolute atomic E-state index is 12.7. The molecule has 0 saturated heterocycles. The average molecular weight is 372 g/mol. The Morgan fingerprint density at radius 1 is 1.25 bits per heavy atom. The first kappa shape index (κ1) is 16.5. The summed E-state index contributed by atoms with van der Waals surface area (Å²) in [5, 5.41) is 10.8. The molecule has 0 spiro atoms. The first-order valence-electron chi connectivity index (χ1n) is 8.97. The Morgan fingerprint density at radius 2 is 2.11 bits per heavy atom. The van der Waals surface area contributed by atoms with Crippen LogP contribution in [0.15, 0.2) is 59.7 Å². The van der Waals surface area contributed by atoms with Gasteiger partial charge in [0.25, 0.3) is 0 Å². The normalized spacial score (nSPS) is 15.5. The minimum absolute atomic E-state index is 0.0789. The van der Waals surface area contributed by atoms with Gasteiger partial charge in [-0.3, -0.25) is 9.78 Å². The van der Waals surface area contributed by atoms with E-state index in [1.165, 1.54) is 6.20 Å². The largest absolute Gasteiger partial charge is 0.489 e. The van der Waals surface area contributed by atoms with Gasteiger partial charge in [-0.1, -0.05) is 12.1 Å². The fourth-order valence-corrected chi connectivity index (χ4v) is 3.82. The second-order valence-electron chi connectivity index (χ2n) is 6.99. The third-order valence-corrected chi connectivity index (χ3v) is 5.24. The molecule has 1 unspecified atom stereocenters. The third kappa shape index (κ3) is 2.31. The Kier molecular flexibility index (Phi) is 3.49. The van der Waals surface area contributed by atoms with Gasteiger partial charge in [-0.25, -0.2) is 4.79 Å². The van der Waals surface area contributed by atoms with E-state index in [0.717, 1.165) is 22.0 Å². The summed E-state index contributed by atoms with van der Waals surface area (Å²) in [7, 11) is 0. The molecule has 1 atom stereocenters. The molecule has 3 heterocycles. The van der Waals surface area contributed by atoms with E-state index in [0.29, 0.717) is 23.3 Å².